The summed E-state index contributed by atoms with van der Waals surface area (Å²) in [5, 5.41) is 3.75. The summed E-state index contributed by atoms with van der Waals surface area (Å²) in [6.07, 6.45) is 4.54. The number of amides is 1. The van der Waals surface area contributed by atoms with Crippen molar-refractivity contribution in [1.29, 1.82) is 0 Å². The SMILES string of the molecule is CCCCN(CCCC)CC(=O)NC1COc2ccc(Cl)cc21. The summed E-state index contributed by atoms with van der Waals surface area (Å²) in [5.74, 6) is 0.868. The summed E-state index contributed by atoms with van der Waals surface area (Å²) in [7, 11) is 0. The molecule has 23 heavy (non-hydrogen) atoms. The Morgan fingerprint density at radius 2 is 2.00 bits per heavy atom. The smallest absolute Gasteiger partial charge is 0.234 e. The molecule has 1 heterocycles. The molecule has 1 aliphatic heterocycles. The standard InChI is InChI=1S/C18H27ClN2O2/c1-3-5-9-21(10-6-4-2)12-18(22)20-16-13-23-17-8-7-14(19)11-15(16)17/h7-8,11,16H,3-6,9-10,12-13H2,1-2H3,(H,20,22). The first-order valence-corrected chi connectivity index (χ1v) is 8.95. The van der Waals surface area contributed by atoms with Crippen molar-refractivity contribution in [2.24, 2.45) is 0 Å². The van der Waals surface area contributed by atoms with Gasteiger partial charge in [0.1, 0.15) is 12.4 Å². The zero-order chi connectivity index (χ0) is 16.7. The Morgan fingerprint density at radius 1 is 1.30 bits per heavy atom. The highest BCUT2D eigenvalue weighted by Gasteiger charge is 2.26. The lowest BCUT2D eigenvalue weighted by Gasteiger charge is -2.22. The second-order valence-corrected chi connectivity index (χ2v) is 6.53. The van der Waals surface area contributed by atoms with Crippen molar-refractivity contribution < 1.29 is 9.53 Å². The number of halogens is 1. The monoisotopic (exact) mass is 338 g/mol. The van der Waals surface area contributed by atoms with Crippen LogP contribution in [-0.4, -0.2) is 37.0 Å². The van der Waals surface area contributed by atoms with Crippen molar-refractivity contribution in [3.05, 3.63) is 28.8 Å². The van der Waals surface area contributed by atoms with E-state index in [1.807, 2.05) is 18.2 Å². The molecule has 1 aliphatic rings. The maximum Gasteiger partial charge on any atom is 0.234 e. The molecule has 0 saturated heterocycles. The first kappa shape index (κ1) is 18.1. The molecule has 128 valence electrons. The van der Waals surface area contributed by atoms with Gasteiger partial charge in [0.2, 0.25) is 5.91 Å². The van der Waals surface area contributed by atoms with E-state index in [1.165, 1.54) is 0 Å². The number of benzene rings is 1. The van der Waals surface area contributed by atoms with Gasteiger partial charge in [-0.1, -0.05) is 38.3 Å². The first-order valence-electron chi connectivity index (χ1n) is 8.58. The van der Waals surface area contributed by atoms with E-state index in [-0.39, 0.29) is 11.9 Å². The molecule has 0 radical (unpaired) electrons. The van der Waals surface area contributed by atoms with Crippen LogP contribution in [0.5, 0.6) is 5.75 Å². The van der Waals surface area contributed by atoms with Gasteiger partial charge in [-0.25, -0.2) is 0 Å². The number of nitrogens with one attached hydrogen (secondary N) is 1. The predicted molar refractivity (Wildman–Crippen MR) is 94.1 cm³/mol. The molecule has 0 saturated carbocycles. The molecule has 2 rings (SSSR count). The largest absolute Gasteiger partial charge is 0.491 e. The van der Waals surface area contributed by atoms with Crippen LogP contribution >= 0.6 is 11.6 Å². The molecule has 1 unspecified atom stereocenters. The summed E-state index contributed by atoms with van der Waals surface area (Å²) < 4.78 is 5.61. The van der Waals surface area contributed by atoms with Crippen LogP contribution in [-0.2, 0) is 4.79 Å². The molecular weight excluding hydrogens is 312 g/mol. The average molecular weight is 339 g/mol. The van der Waals surface area contributed by atoms with E-state index >= 15 is 0 Å². The molecule has 1 atom stereocenters. The van der Waals surface area contributed by atoms with Gasteiger partial charge in [0.25, 0.3) is 0 Å². The molecule has 0 bridgehead atoms. The molecule has 1 aromatic carbocycles. The lowest BCUT2D eigenvalue weighted by molar-refractivity contribution is -0.123. The lowest BCUT2D eigenvalue weighted by Crippen LogP contribution is -2.40. The number of carbonyl (C=O) groups is 1. The molecule has 0 spiro atoms. The Hall–Kier alpha value is -1.26. The third-order valence-electron chi connectivity index (χ3n) is 4.11. The number of rotatable bonds is 9. The van der Waals surface area contributed by atoms with Crippen LogP contribution in [0, 0.1) is 0 Å². The first-order chi connectivity index (χ1) is 11.1. The highest BCUT2D eigenvalue weighted by molar-refractivity contribution is 6.30. The van der Waals surface area contributed by atoms with Crippen LogP contribution in [0.15, 0.2) is 18.2 Å². The highest BCUT2D eigenvalue weighted by atomic mass is 35.5. The van der Waals surface area contributed by atoms with E-state index in [0.29, 0.717) is 18.2 Å². The Bertz CT molecular complexity index is 514. The number of unbranched alkanes of at least 4 members (excludes halogenated alkanes) is 2. The van der Waals surface area contributed by atoms with E-state index < -0.39 is 0 Å². The Kier molecular flexibility index (Phi) is 7.18. The van der Waals surface area contributed by atoms with Crippen LogP contribution < -0.4 is 10.1 Å². The molecule has 4 nitrogen and oxygen atoms in total. The fourth-order valence-electron chi connectivity index (χ4n) is 2.78. The van der Waals surface area contributed by atoms with Gasteiger partial charge in [0.05, 0.1) is 12.6 Å². The highest BCUT2D eigenvalue weighted by Crippen LogP contribution is 2.34. The van der Waals surface area contributed by atoms with Gasteiger partial charge < -0.3 is 10.1 Å². The number of nitrogens with zero attached hydrogens (tertiary/aromatic N) is 1. The fraction of sp³-hybridized carbons (Fsp3) is 0.611. The molecule has 0 fully saturated rings. The quantitative estimate of drug-likeness (QED) is 0.744. The topological polar surface area (TPSA) is 41.6 Å². The number of ether oxygens (including phenoxy) is 1. The van der Waals surface area contributed by atoms with Crippen LogP contribution in [0.3, 0.4) is 0 Å². The van der Waals surface area contributed by atoms with Crippen molar-refractivity contribution in [1.82, 2.24) is 10.2 Å². The second kappa shape index (κ2) is 9.14. The summed E-state index contributed by atoms with van der Waals surface area (Å²) in [6, 6.07) is 5.44. The molecule has 5 heteroatoms. The fourth-order valence-corrected chi connectivity index (χ4v) is 2.96. The third kappa shape index (κ3) is 5.40. The van der Waals surface area contributed by atoms with E-state index in [1.54, 1.807) is 0 Å². The molecule has 0 aromatic heterocycles. The predicted octanol–water partition coefficient (Wildman–Crippen LogP) is 3.79. The van der Waals surface area contributed by atoms with Crippen LogP contribution in [0.1, 0.15) is 51.1 Å². The number of fused-ring (bicyclic) bond motifs is 1. The maximum atomic E-state index is 12.4. The van der Waals surface area contributed by atoms with Crippen molar-refractivity contribution in [2.75, 3.05) is 26.2 Å². The molecule has 1 N–H and O–H groups in total. The van der Waals surface area contributed by atoms with E-state index in [2.05, 4.69) is 24.1 Å². The minimum atomic E-state index is -0.101. The van der Waals surface area contributed by atoms with Gasteiger partial charge >= 0.3 is 0 Å². The van der Waals surface area contributed by atoms with Crippen LogP contribution in [0.4, 0.5) is 0 Å². The van der Waals surface area contributed by atoms with Crippen molar-refractivity contribution in [3.63, 3.8) is 0 Å². The van der Waals surface area contributed by atoms with Gasteiger partial charge in [-0.05, 0) is 44.1 Å². The maximum absolute atomic E-state index is 12.4. The Labute approximate surface area is 144 Å². The van der Waals surface area contributed by atoms with Gasteiger partial charge in [-0.3, -0.25) is 9.69 Å². The summed E-state index contributed by atoms with van der Waals surface area (Å²) in [5.41, 5.74) is 0.972. The van der Waals surface area contributed by atoms with Crippen LogP contribution in [0.2, 0.25) is 5.02 Å². The normalized spacial score (nSPS) is 16.3. The minimum absolute atomic E-state index is 0.0543. The van der Waals surface area contributed by atoms with Gasteiger partial charge in [-0.2, -0.15) is 0 Å². The van der Waals surface area contributed by atoms with E-state index in [0.717, 1.165) is 50.1 Å². The Morgan fingerprint density at radius 3 is 2.65 bits per heavy atom. The van der Waals surface area contributed by atoms with E-state index in [4.69, 9.17) is 16.3 Å². The van der Waals surface area contributed by atoms with Gasteiger partial charge in [-0.15, -0.1) is 0 Å². The molecule has 1 amide bonds. The van der Waals surface area contributed by atoms with Crippen LogP contribution in [0.25, 0.3) is 0 Å². The van der Waals surface area contributed by atoms with E-state index in [9.17, 15) is 4.79 Å². The lowest BCUT2D eigenvalue weighted by atomic mass is 10.1. The molecular formula is C18H27ClN2O2. The minimum Gasteiger partial charge on any atom is -0.491 e. The molecule has 0 aliphatic carbocycles. The number of hydrogen-bond donors (Lipinski definition) is 1. The second-order valence-electron chi connectivity index (χ2n) is 6.10. The van der Waals surface area contributed by atoms with Crippen molar-refractivity contribution in [2.45, 2.75) is 45.6 Å². The van der Waals surface area contributed by atoms with Gasteiger partial charge in [0.15, 0.2) is 0 Å². The number of carbonyl (C=O) groups excluding carboxylic acids is 1. The summed E-state index contributed by atoms with van der Waals surface area (Å²) in [4.78, 5) is 14.6. The zero-order valence-corrected chi connectivity index (χ0v) is 14.9. The van der Waals surface area contributed by atoms with Gasteiger partial charge in [0, 0.05) is 10.6 Å². The third-order valence-corrected chi connectivity index (χ3v) is 4.35. The summed E-state index contributed by atoms with van der Waals surface area (Å²) in [6.45, 7) is 7.24. The average Bonchev–Trinajstić information content (AvgIpc) is 2.92. The van der Waals surface area contributed by atoms with Crippen molar-refractivity contribution >= 4 is 17.5 Å². The molecule has 1 aromatic rings. The zero-order valence-electron chi connectivity index (χ0n) is 14.1. The van der Waals surface area contributed by atoms with Crippen molar-refractivity contribution in [3.8, 4) is 5.75 Å². The Balaban J connectivity index is 1.90. The number of hydrogen-bond acceptors (Lipinski definition) is 3. The summed E-state index contributed by atoms with van der Waals surface area (Å²) >= 11 is 6.05.